The van der Waals surface area contributed by atoms with Crippen LogP contribution in [0.15, 0.2) is 24.3 Å². The van der Waals surface area contributed by atoms with E-state index in [4.69, 9.17) is 4.74 Å². The van der Waals surface area contributed by atoms with Crippen LogP contribution >= 0.6 is 0 Å². The zero-order valence-corrected chi connectivity index (χ0v) is 9.72. The molecule has 1 aromatic carbocycles. The van der Waals surface area contributed by atoms with Gasteiger partial charge >= 0.3 is 0 Å². The molecule has 1 atom stereocenters. The van der Waals surface area contributed by atoms with Crippen LogP contribution in [0.25, 0.3) is 11.0 Å². The number of hydrogen-bond donors (Lipinski definition) is 0. The Balaban J connectivity index is 2.09. The first-order valence-corrected chi connectivity index (χ1v) is 5.87. The maximum absolute atomic E-state index is 12.3. The molecule has 0 spiro atoms. The molecule has 1 aromatic heterocycles. The molecule has 1 aliphatic rings. The molecule has 3 rings (SSSR count). The Morgan fingerprint density at radius 2 is 2.29 bits per heavy atom. The van der Waals surface area contributed by atoms with Crippen molar-refractivity contribution in [2.75, 3.05) is 6.61 Å². The number of nitrogens with zero attached hydrogens (tertiary/aromatic N) is 2. The number of rotatable bonds is 1. The SMILES string of the molecule is Cc1nc2ccccc2n1C(=O)C1CCCO1. The summed E-state index contributed by atoms with van der Waals surface area (Å²) in [6.07, 6.45) is 1.47. The van der Waals surface area contributed by atoms with Gasteiger partial charge in [-0.25, -0.2) is 4.98 Å². The lowest BCUT2D eigenvalue weighted by molar-refractivity contribution is 0.0557. The third-order valence-electron chi connectivity index (χ3n) is 3.15. The van der Waals surface area contributed by atoms with Crippen LogP contribution in [0.2, 0.25) is 0 Å². The van der Waals surface area contributed by atoms with E-state index < -0.39 is 0 Å². The van der Waals surface area contributed by atoms with Gasteiger partial charge in [-0.2, -0.15) is 0 Å². The van der Waals surface area contributed by atoms with Crippen LogP contribution in [0.4, 0.5) is 0 Å². The summed E-state index contributed by atoms with van der Waals surface area (Å²) in [5, 5.41) is 0. The van der Waals surface area contributed by atoms with E-state index in [2.05, 4.69) is 4.98 Å². The molecule has 0 aliphatic carbocycles. The Labute approximate surface area is 99.2 Å². The van der Waals surface area contributed by atoms with E-state index in [0.29, 0.717) is 6.61 Å². The fraction of sp³-hybridized carbons (Fsp3) is 0.385. The molecule has 0 saturated carbocycles. The molecule has 2 aromatic rings. The zero-order valence-electron chi connectivity index (χ0n) is 9.72. The normalized spacial score (nSPS) is 19.9. The maximum Gasteiger partial charge on any atom is 0.261 e. The minimum absolute atomic E-state index is 0.00806. The number of aromatic nitrogens is 2. The lowest BCUT2D eigenvalue weighted by atomic mass is 10.2. The van der Waals surface area contributed by atoms with Crippen molar-refractivity contribution < 1.29 is 9.53 Å². The van der Waals surface area contributed by atoms with Crippen molar-refractivity contribution in [1.82, 2.24) is 9.55 Å². The molecule has 1 aliphatic heterocycles. The van der Waals surface area contributed by atoms with Gasteiger partial charge in [0.1, 0.15) is 11.9 Å². The van der Waals surface area contributed by atoms with E-state index >= 15 is 0 Å². The maximum atomic E-state index is 12.3. The summed E-state index contributed by atoms with van der Waals surface area (Å²) in [6.45, 7) is 2.54. The molecule has 0 N–H and O–H groups in total. The number of imidazole rings is 1. The number of carbonyl (C=O) groups excluding carboxylic acids is 1. The monoisotopic (exact) mass is 230 g/mol. The second kappa shape index (κ2) is 3.96. The van der Waals surface area contributed by atoms with Crippen LogP contribution in [-0.2, 0) is 4.74 Å². The second-order valence-electron chi connectivity index (χ2n) is 4.32. The van der Waals surface area contributed by atoms with Gasteiger partial charge in [0.15, 0.2) is 0 Å². The number of benzene rings is 1. The molecule has 0 bridgehead atoms. The van der Waals surface area contributed by atoms with Crippen LogP contribution < -0.4 is 0 Å². The van der Waals surface area contributed by atoms with Crippen molar-refractivity contribution in [3.05, 3.63) is 30.1 Å². The van der Waals surface area contributed by atoms with Crippen LogP contribution in [0, 0.1) is 6.92 Å². The molecule has 0 radical (unpaired) electrons. The molecule has 17 heavy (non-hydrogen) atoms. The van der Waals surface area contributed by atoms with Gasteiger partial charge < -0.3 is 4.74 Å². The van der Waals surface area contributed by atoms with Gasteiger partial charge in [0.2, 0.25) is 0 Å². The topological polar surface area (TPSA) is 44.1 Å². The number of ether oxygens (including phenoxy) is 1. The Kier molecular flexibility index (Phi) is 2.44. The molecule has 4 nitrogen and oxygen atoms in total. The van der Waals surface area contributed by atoms with Gasteiger partial charge in [0.05, 0.1) is 11.0 Å². The van der Waals surface area contributed by atoms with Crippen LogP contribution in [0.5, 0.6) is 0 Å². The average molecular weight is 230 g/mol. The summed E-state index contributed by atoms with van der Waals surface area (Å²) in [5.41, 5.74) is 1.72. The Bertz CT molecular complexity index is 568. The molecule has 1 fully saturated rings. The highest BCUT2D eigenvalue weighted by atomic mass is 16.5. The lowest BCUT2D eigenvalue weighted by Gasteiger charge is -2.10. The summed E-state index contributed by atoms with van der Waals surface area (Å²) in [7, 11) is 0. The van der Waals surface area contributed by atoms with Gasteiger partial charge in [-0.05, 0) is 31.9 Å². The third kappa shape index (κ3) is 1.65. The highest BCUT2D eigenvalue weighted by molar-refractivity contribution is 5.93. The van der Waals surface area contributed by atoms with E-state index in [1.165, 1.54) is 0 Å². The largest absolute Gasteiger partial charge is 0.368 e. The number of carbonyl (C=O) groups is 1. The molecular formula is C13H14N2O2. The van der Waals surface area contributed by atoms with E-state index in [1.54, 1.807) is 4.57 Å². The first-order valence-electron chi connectivity index (χ1n) is 5.87. The molecule has 1 unspecified atom stereocenters. The fourth-order valence-corrected chi connectivity index (χ4v) is 2.34. The number of para-hydroxylation sites is 2. The quantitative estimate of drug-likeness (QED) is 0.754. The van der Waals surface area contributed by atoms with E-state index in [1.807, 2.05) is 31.2 Å². The van der Waals surface area contributed by atoms with Gasteiger partial charge in [0, 0.05) is 6.61 Å². The number of aryl methyl sites for hydroxylation is 1. The van der Waals surface area contributed by atoms with E-state index in [9.17, 15) is 4.79 Å². The van der Waals surface area contributed by atoms with Crippen molar-refractivity contribution in [3.8, 4) is 0 Å². The molecule has 4 heteroatoms. The highest BCUT2D eigenvalue weighted by Gasteiger charge is 2.27. The summed E-state index contributed by atoms with van der Waals surface area (Å²) in [6, 6.07) is 7.68. The van der Waals surface area contributed by atoms with Crippen LogP contribution in [0.1, 0.15) is 23.5 Å². The van der Waals surface area contributed by atoms with Gasteiger partial charge in [-0.3, -0.25) is 9.36 Å². The smallest absolute Gasteiger partial charge is 0.261 e. The summed E-state index contributed by atoms with van der Waals surface area (Å²) < 4.78 is 7.12. The molecule has 88 valence electrons. The van der Waals surface area contributed by atoms with Crippen LogP contribution in [-0.4, -0.2) is 28.2 Å². The highest BCUT2D eigenvalue weighted by Crippen LogP contribution is 2.20. The zero-order chi connectivity index (χ0) is 11.8. The van der Waals surface area contributed by atoms with Crippen molar-refractivity contribution in [1.29, 1.82) is 0 Å². The standard InChI is InChI=1S/C13H14N2O2/c1-9-14-10-5-2-3-6-11(10)15(9)13(16)12-7-4-8-17-12/h2-3,5-6,12H,4,7-8H2,1H3. The van der Waals surface area contributed by atoms with Gasteiger partial charge in [-0.15, -0.1) is 0 Å². The Hall–Kier alpha value is -1.68. The number of hydrogen-bond acceptors (Lipinski definition) is 3. The predicted molar refractivity (Wildman–Crippen MR) is 64.1 cm³/mol. The van der Waals surface area contributed by atoms with E-state index in [-0.39, 0.29) is 12.0 Å². The molecule has 0 amide bonds. The Morgan fingerprint density at radius 1 is 1.47 bits per heavy atom. The van der Waals surface area contributed by atoms with E-state index in [0.717, 1.165) is 29.7 Å². The predicted octanol–water partition coefficient (Wildman–Crippen LogP) is 2.16. The average Bonchev–Trinajstić information content (AvgIpc) is 2.94. The third-order valence-corrected chi connectivity index (χ3v) is 3.15. The Morgan fingerprint density at radius 3 is 3.06 bits per heavy atom. The van der Waals surface area contributed by atoms with Gasteiger partial charge in [0.25, 0.3) is 5.91 Å². The summed E-state index contributed by atoms with van der Waals surface area (Å²) in [5.74, 6) is 0.736. The molecule has 2 heterocycles. The van der Waals surface area contributed by atoms with Crippen molar-refractivity contribution >= 4 is 16.9 Å². The minimum atomic E-state index is -0.300. The fourth-order valence-electron chi connectivity index (χ4n) is 2.34. The first-order chi connectivity index (χ1) is 8.27. The lowest BCUT2D eigenvalue weighted by Crippen LogP contribution is -2.26. The van der Waals surface area contributed by atoms with Crippen LogP contribution in [0.3, 0.4) is 0 Å². The second-order valence-corrected chi connectivity index (χ2v) is 4.32. The van der Waals surface area contributed by atoms with Gasteiger partial charge in [-0.1, -0.05) is 12.1 Å². The first kappa shape index (κ1) is 10.5. The van der Waals surface area contributed by atoms with Crippen molar-refractivity contribution in [3.63, 3.8) is 0 Å². The summed E-state index contributed by atoms with van der Waals surface area (Å²) >= 11 is 0. The minimum Gasteiger partial charge on any atom is -0.368 e. The molecular weight excluding hydrogens is 216 g/mol. The van der Waals surface area contributed by atoms with Crippen molar-refractivity contribution in [2.24, 2.45) is 0 Å². The number of fused-ring (bicyclic) bond motifs is 1. The van der Waals surface area contributed by atoms with Crippen molar-refractivity contribution in [2.45, 2.75) is 25.9 Å². The molecule has 1 saturated heterocycles. The summed E-state index contributed by atoms with van der Waals surface area (Å²) in [4.78, 5) is 16.7.